The van der Waals surface area contributed by atoms with Crippen LogP contribution in [-0.4, -0.2) is 5.78 Å². The number of nitrogens with zero attached hydrogens (tertiary/aromatic N) is 1. The molecule has 2 heteroatoms. The molecule has 0 bridgehead atoms. The highest BCUT2D eigenvalue weighted by molar-refractivity contribution is 5.93. The monoisotopic (exact) mass is 307 g/mol. The van der Waals surface area contributed by atoms with Gasteiger partial charge in [-0.2, -0.15) is 5.26 Å². The van der Waals surface area contributed by atoms with Crippen molar-refractivity contribution in [3.05, 3.63) is 22.8 Å². The fourth-order valence-electron chi connectivity index (χ4n) is 7.33. The topological polar surface area (TPSA) is 40.9 Å². The van der Waals surface area contributed by atoms with E-state index in [1.54, 1.807) is 11.1 Å². The Hall–Kier alpha value is -1.36. The predicted octanol–water partition coefficient (Wildman–Crippen LogP) is 4.87. The summed E-state index contributed by atoms with van der Waals surface area (Å²) in [5.41, 5.74) is 5.56. The van der Waals surface area contributed by atoms with E-state index in [0.29, 0.717) is 16.6 Å². The number of hydrogen-bond donors (Lipinski definition) is 0. The molecule has 3 saturated carbocycles. The number of fused-ring (bicyclic) bond motifs is 3. The number of carbonyl (C=O) groups excluding carboxylic acids is 1. The second-order valence-electron chi connectivity index (χ2n) is 8.70. The van der Waals surface area contributed by atoms with Gasteiger partial charge in [-0.25, -0.2) is 0 Å². The molecule has 5 aliphatic carbocycles. The normalized spacial score (nSPS) is 44.3. The quantitative estimate of drug-likeness (QED) is 0.693. The van der Waals surface area contributed by atoms with Crippen molar-refractivity contribution < 1.29 is 4.79 Å². The van der Waals surface area contributed by atoms with Crippen molar-refractivity contribution in [1.82, 2.24) is 0 Å². The molecule has 0 aromatic rings. The summed E-state index contributed by atoms with van der Waals surface area (Å²) in [5.74, 6) is 1.94. The first-order valence-electron chi connectivity index (χ1n) is 9.52. The fourth-order valence-corrected chi connectivity index (χ4v) is 7.33. The zero-order chi connectivity index (χ0) is 15.7. The van der Waals surface area contributed by atoms with Gasteiger partial charge in [0.15, 0.2) is 5.78 Å². The highest BCUT2D eigenvalue weighted by Crippen LogP contribution is 2.76. The van der Waals surface area contributed by atoms with Crippen molar-refractivity contribution >= 4 is 5.78 Å². The Morgan fingerprint density at radius 3 is 2.78 bits per heavy atom. The van der Waals surface area contributed by atoms with Gasteiger partial charge in [0.2, 0.25) is 0 Å². The van der Waals surface area contributed by atoms with Crippen LogP contribution in [0.4, 0.5) is 0 Å². The molecule has 0 amide bonds. The summed E-state index contributed by atoms with van der Waals surface area (Å²) in [6.45, 7) is 0. The Morgan fingerprint density at radius 1 is 1.09 bits per heavy atom. The van der Waals surface area contributed by atoms with E-state index in [-0.39, 0.29) is 0 Å². The first-order chi connectivity index (χ1) is 11.2. The van der Waals surface area contributed by atoms with E-state index in [0.717, 1.165) is 37.5 Å². The summed E-state index contributed by atoms with van der Waals surface area (Å²) in [6.07, 6.45) is 14.7. The molecule has 5 rings (SSSR count). The first kappa shape index (κ1) is 14.0. The molecule has 0 aliphatic heterocycles. The lowest BCUT2D eigenvalue weighted by Crippen LogP contribution is -2.54. The van der Waals surface area contributed by atoms with Crippen molar-refractivity contribution in [1.29, 1.82) is 5.26 Å². The molecule has 4 atom stereocenters. The number of ketones is 1. The van der Waals surface area contributed by atoms with Crippen LogP contribution in [0.25, 0.3) is 0 Å². The molecule has 23 heavy (non-hydrogen) atoms. The van der Waals surface area contributed by atoms with Crippen LogP contribution >= 0.6 is 0 Å². The molecule has 0 aromatic heterocycles. The van der Waals surface area contributed by atoms with E-state index in [9.17, 15) is 10.1 Å². The van der Waals surface area contributed by atoms with Gasteiger partial charge in [0, 0.05) is 12.8 Å². The molecule has 0 aromatic carbocycles. The second kappa shape index (κ2) is 4.59. The maximum atomic E-state index is 11.7. The van der Waals surface area contributed by atoms with E-state index < -0.39 is 0 Å². The summed E-state index contributed by atoms with van der Waals surface area (Å²) in [5, 5.41) is 9.34. The minimum atomic E-state index is 0.336. The van der Waals surface area contributed by atoms with E-state index in [4.69, 9.17) is 0 Å². The maximum Gasteiger partial charge on any atom is 0.156 e. The van der Waals surface area contributed by atoms with Crippen molar-refractivity contribution in [3.8, 4) is 6.07 Å². The van der Waals surface area contributed by atoms with Crippen molar-refractivity contribution in [2.75, 3.05) is 0 Å². The largest absolute Gasteiger partial charge is 0.295 e. The van der Waals surface area contributed by atoms with Crippen LogP contribution in [-0.2, 0) is 4.79 Å². The Balaban J connectivity index is 1.54. The van der Waals surface area contributed by atoms with Gasteiger partial charge in [-0.1, -0.05) is 5.57 Å². The van der Waals surface area contributed by atoms with Gasteiger partial charge >= 0.3 is 0 Å². The van der Waals surface area contributed by atoms with E-state index >= 15 is 0 Å². The highest BCUT2D eigenvalue weighted by Gasteiger charge is 2.68. The molecule has 3 unspecified atom stereocenters. The molecule has 3 fully saturated rings. The van der Waals surface area contributed by atoms with Gasteiger partial charge in [0.1, 0.15) is 0 Å². The van der Waals surface area contributed by atoms with Crippen LogP contribution in [0.15, 0.2) is 22.8 Å². The van der Waals surface area contributed by atoms with Crippen molar-refractivity contribution in [3.63, 3.8) is 0 Å². The number of allylic oxidation sites excluding steroid dienone is 4. The third-order valence-corrected chi connectivity index (χ3v) is 8.40. The van der Waals surface area contributed by atoms with Gasteiger partial charge in [-0.15, -0.1) is 0 Å². The van der Waals surface area contributed by atoms with Gasteiger partial charge in [0.05, 0.1) is 6.07 Å². The number of hydrogen-bond acceptors (Lipinski definition) is 2. The average molecular weight is 307 g/mol. The number of rotatable bonds is 1. The summed E-state index contributed by atoms with van der Waals surface area (Å²) >= 11 is 0. The predicted molar refractivity (Wildman–Crippen MR) is 88.4 cm³/mol. The minimum absolute atomic E-state index is 0.336. The smallest absolute Gasteiger partial charge is 0.156 e. The van der Waals surface area contributed by atoms with Crippen LogP contribution in [0.2, 0.25) is 0 Å². The lowest BCUT2D eigenvalue weighted by molar-refractivity contribution is -0.115. The number of nitriles is 1. The van der Waals surface area contributed by atoms with E-state index in [2.05, 4.69) is 6.07 Å². The molecule has 0 saturated heterocycles. The van der Waals surface area contributed by atoms with Gasteiger partial charge in [0.25, 0.3) is 0 Å². The van der Waals surface area contributed by atoms with Crippen LogP contribution in [0.1, 0.15) is 70.6 Å². The maximum absolute atomic E-state index is 11.7. The Kier molecular flexibility index (Phi) is 2.80. The molecule has 5 aliphatic rings. The van der Waals surface area contributed by atoms with Crippen LogP contribution in [0, 0.1) is 34.0 Å². The summed E-state index contributed by atoms with van der Waals surface area (Å²) in [7, 11) is 0. The molecule has 1 spiro atoms. The molecular formula is C21H25NO. The van der Waals surface area contributed by atoms with Crippen LogP contribution < -0.4 is 0 Å². The number of carbonyl (C=O) groups is 1. The molecule has 2 nitrogen and oxygen atoms in total. The standard InChI is InChI=1S/C21H25NO/c22-12-11-20-7-6-19-18-3-1-14-13-15(23)2-4-16(14)17(18)5-8-21(19,20)10-9-20/h13,18-19H,1-11H2/t18?,19?,20-,21?/m1/s1. The fraction of sp³-hybridized carbons (Fsp3) is 0.714. The highest BCUT2D eigenvalue weighted by atomic mass is 16.1. The van der Waals surface area contributed by atoms with Gasteiger partial charge < -0.3 is 0 Å². The van der Waals surface area contributed by atoms with Crippen LogP contribution in [0.5, 0.6) is 0 Å². The average Bonchev–Trinajstić information content (AvgIpc) is 2.77. The van der Waals surface area contributed by atoms with E-state index in [1.807, 2.05) is 6.08 Å². The third kappa shape index (κ3) is 1.61. The Labute approximate surface area is 138 Å². The summed E-state index contributed by atoms with van der Waals surface area (Å²) in [6, 6.07) is 2.52. The van der Waals surface area contributed by atoms with E-state index in [1.165, 1.54) is 50.5 Å². The minimum Gasteiger partial charge on any atom is -0.295 e. The molecule has 0 radical (unpaired) electrons. The third-order valence-electron chi connectivity index (χ3n) is 8.40. The lowest BCUT2D eigenvalue weighted by atomic mass is 9.42. The zero-order valence-corrected chi connectivity index (χ0v) is 13.9. The van der Waals surface area contributed by atoms with Crippen molar-refractivity contribution in [2.45, 2.75) is 70.6 Å². The summed E-state index contributed by atoms with van der Waals surface area (Å²) in [4.78, 5) is 11.7. The summed E-state index contributed by atoms with van der Waals surface area (Å²) < 4.78 is 0. The van der Waals surface area contributed by atoms with Gasteiger partial charge in [-0.3, -0.25) is 4.79 Å². The molecule has 0 heterocycles. The first-order valence-corrected chi connectivity index (χ1v) is 9.52. The van der Waals surface area contributed by atoms with Gasteiger partial charge in [-0.05, 0) is 97.7 Å². The second-order valence-corrected chi connectivity index (χ2v) is 8.70. The SMILES string of the molecule is N#CC[C@]12CCC3C4CCC5=CC(=O)CCC5=C4CCC31CC2. The molecule has 0 N–H and O–H groups in total. The lowest BCUT2D eigenvalue weighted by Gasteiger charge is -2.62. The molecular weight excluding hydrogens is 282 g/mol. The molecule has 120 valence electrons. The van der Waals surface area contributed by atoms with Crippen molar-refractivity contribution in [2.24, 2.45) is 22.7 Å². The Bertz CT molecular complexity index is 693. The zero-order valence-electron chi connectivity index (χ0n) is 13.9. The Morgan fingerprint density at radius 2 is 2.00 bits per heavy atom. The van der Waals surface area contributed by atoms with Crippen LogP contribution in [0.3, 0.4) is 0 Å².